The van der Waals surface area contributed by atoms with Crippen LogP contribution in [0.25, 0.3) is 0 Å². The zero-order valence-corrected chi connectivity index (χ0v) is 14.3. The van der Waals surface area contributed by atoms with Gasteiger partial charge in [0.1, 0.15) is 18.5 Å². The Morgan fingerprint density at radius 3 is 2.42 bits per heavy atom. The van der Waals surface area contributed by atoms with E-state index in [1.165, 1.54) is 24.3 Å². The fourth-order valence-corrected chi connectivity index (χ4v) is 2.79. The maximum Gasteiger partial charge on any atom is 0.269 e. The van der Waals surface area contributed by atoms with Gasteiger partial charge in [-0.05, 0) is 18.2 Å². The van der Waals surface area contributed by atoms with Crippen LogP contribution >= 0.6 is 0 Å². The normalized spacial score (nSPS) is 16.3. The van der Waals surface area contributed by atoms with Crippen molar-refractivity contribution in [2.45, 2.75) is 6.10 Å². The highest BCUT2D eigenvalue weighted by atomic mass is 16.6. The van der Waals surface area contributed by atoms with Gasteiger partial charge in [-0.15, -0.1) is 0 Å². The topological polar surface area (TPSA) is 105 Å². The highest BCUT2D eigenvalue weighted by molar-refractivity contribution is 5.36. The second kappa shape index (κ2) is 8.54. The summed E-state index contributed by atoms with van der Waals surface area (Å²) in [6.45, 7) is 3.88. The van der Waals surface area contributed by atoms with Crippen LogP contribution in [-0.2, 0) is 0 Å². The molecule has 1 aliphatic rings. The lowest BCUT2D eigenvalue weighted by atomic mass is 10.2. The van der Waals surface area contributed by atoms with Crippen LogP contribution in [0.3, 0.4) is 0 Å². The third-order valence-corrected chi connectivity index (χ3v) is 4.17. The summed E-state index contributed by atoms with van der Waals surface area (Å²) in [5.41, 5.74) is 0.0122. The highest BCUT2D eigenvalue weighted by Gasteiger charge is 2.21. The first-order valence-corrected chi connectivity index (χ1v) is 8.41. The van der Waals surface area contributed by atoms with Crippen molar-refractivity contribution in [1.82, 2.24) is 14.9 Å². The van der Waals surface area contributed by atoms with Gasteiger partial charge in [-0.1, -0.05) is 0 Å². The first-order valence-electron chi connectivity index (χ1n) is 8.41. The van der Waals surface area contributed by atoms with Crippen molar-refractivity contribution in [3.63, 3.8) is 0 Å². The van der Waals surface area contributed by atoms with Crippen molar-refractivity contribution in [3.05, 3.63) is 52.8 Å². The van der Waals surface area contributed by atoms with Gasteiger partial charge in [0.05, 0.1) is 4.92 Å². The van der Waals surface area contributed by atoms with Crippen molar-refractivity contribution < 1.29 is 14.8 Å². The molecular formula is C17H21N5O4. The fraction of sp³-hybridized carbons (Fsp3) is 0.412. The van der Waals surface area contributed by atoms with Gasteiger partial charge in [0.2, 0.25) is 5.95 Å². The number of anilines is 1. The number of ether oxygens (including phenoxy) is 1. The van der Waals surface area contributed by atoms with Crippen molar-refractivity contribution >= 4 is 11.6 Å². The third-order valence-electron chi connectivity index (χ3n) is 4.17. The lowest BCUT2D eigenvalue weighted by molar-refractivity contribution is -0.384. The number of rotatable bonds is 7. The molecule has 0 spiro atoms. The summed E-state index contributed by atoms with van der Waals surface area (Å²) in [6.07, 6.45) is 2.83. The molecule has 1 atom stereocenters. The van der Waals surface area contributed by atoms with E-state index in [1.54, 1.807) is 18.5 Å². The number of nitro groups is 1. The first-order chi connectivity index (χ1) is 12.6. The van der Waals surface area contributed by atoms with Crippen LogP contribution in [0, 0.1) is 10.1 Å². The van der Waals surface area contributed by atoms with E-state index in [9.17, 15) is 15.2 Å². The van der Waals surface area contributed by atoms with E-state index in [0.717, 1.165) is 32.1 Å². The molecule has 26 heavy (non-hydrogen) atoms. The van der Waals surface area contributed by atoms with Gasteiger partial charge < -0.3 is 14.7 Å². The van der Waals surface area contributed by atoms with Crippen molar-refractivity contribution in [1.29, 1.82) is 0 Å². The molecule has 0 saturated carbocycles. The zero-order chi connectivity index (χ0) is 18.4. The Labute approximate surface area is 151 Å². The van der Waals surface area contributed by atoms with Crippen LogP contribution in [0.15, 0.2) is 42.7 Å². The Balaban J connectivity index is 1.40. The zero-order valence-electron chi connectivity index (χ0n) is 14.3. The predicted octanol–water partition coefficient (Wildman–Crippen LogP) is 0.947. The minimum atomic E-state index is -0.635. The number of non-ortho nitro benzene ring substituents is 1. The number of aliphatic hydroxyl groups is 1. The molecule has 1 aromatic carbocycles. The molecule has 1 aliphatic heterocycles. The van der Waals surface area contributed by atoms with Gasteiger partial charge in [-0.3, -0.25) is 15.0 Å². The second-order valence-corrected chi connectivity index (χ2v) is 6.05. The number of nitrogens with zero attached hydrogens (tertiary/aromatic N) is 5. The minimum absolute atomic E-state index is 0.0122. The summed E-state index contributed by atoms with van der Waals surface area (Å²) in [6, 6.07) is 7.62. The van der Waals surface area contributed by atoms with Gasteiger partial charge in [-0.2, -0.15) is 0 Å². The molecular weight excluding hydrogens is 338 g/mol. The number of nitro benzene ring substituents is 1. The highest BCUT2D eigenvalue weighted by Crippen LogP contribution is 2.17. The number of β-amino-alcohol motifs (C(OH)–C–C–N with tert-alkyl or cyclic N) is 1. The number of aliphatic hydroxyl groups excluding tert-OH is 1. The van der Waals surface area contributed by atoms with Crippen molar-refractivity contribution in [2.75, 3.05) is 44.2 Å². The molecule has 0 bridgehead atoms. The molecule has 1 N–H and O–H groups in total. The molecule has 0 amide bonds. The van der Waals surface area contributed by atoms with Crippen molar-refractivity contribution in [2.24, 2.45) is 0 Å². The lowest BCUT2D eigenvalue weighted by Gasteiger charge is -2.35. The van der Waals surface area contributed by atoms with Crippen LogP contribution < -0.4 is 9.64 Å². The molecule has 1 saturated heterocycles. The molecule has 9 nitrogen and oxygen atoms in total. The van der Waals surface area contributed by atoms with E-state index >= 15 is 0 Å². The fourth-order valence-electron chi connectivity index (χ4n) is 2.79. The minimum Gasteiger partial charge on any atom is -0.491 e. The van der Waals surface area contributed by atoms with E-state index in [-0.39, 0.29) is 12.3 Å². The lowest BCUT2D eigenvalue weighted by Crippen LogP contribution is -2.49. The van der Waals surface area contributed by atoms with E-state index in [4.69, 9.17) is 4.74 Å². The van der Waals surface area contributed by atoms with Crippen molar-refractivity contribution in [3.8, 4) is 5.75 Å². The van der Waals surface area contributed by atoms with E-state index in [1.807, 2.05) is 0 Å². The molecule has 1 aromatic heterocycles. The number of hydrogen-bond acceptors (Lipinski definition) is 8. The molecule has 2 heterocycles. The summed E-state index contributed by atoms with van der Waals surface area (Å²) in [4.78, 5) is 23.0. The van der Waals surface area contributed by atoms with Gasteiger partial charge in [0, 0.05) is 57.3 Å². The van der Waals surface area contributed by atoms with Gasteiger partial charge in [-0.25, -0.2) is 9.97 Å². The average molecular weight is 359 g/mol. The second-order valence-electron chi connectivity index (χ2n) is 6.05. The Bertz CT molecular complexity index is 705. The SMILES string of the molecule is O=[N+]([O-])c1ccc(OCC(O)CN2CCN(c3ncccn3)CC2)cc1. The summed E-state index contributed by atoms with van der Waals surface area (Å²) in [5.74, 6) is 1.23. The summed E-state index contributed by atoms with van der Waals surface area (Å²) < 4.78 is 5.50. The Morgan fingerprint density at radius 1 is 1.15 bits per heavy atom. The van der Waals surface area contributed by atoms with Crippen LogP contribution in [0.5, 0.6) is 5.75 Å². The standard InChI is InChI=1S/C17H21N5O4/c23-15(13-26-16-4-2-14(3-5-16)22(24)25)12-20-8-10-21(11-9-20)17-18-6-1-7-19-17/h1-7,15,23H,8-13H2. The molecule has 2 aromatic rings. The van der Waals surface area contributed by atoms with E-state index in [2.05, 4.69) is 19.8 Å². The Kier molecular flexibility index (Phi) is 5.92. The molecule has 0 aliphatic carbocycles. The third kappa shape index (κ3) is 4.87. The smallest absolute Gasteiger partial charge is 0.269 e. The summed E-state index contributed by atoms with van der Waals surface area (Å²) in [7, 11) is 0. The largest absolute Gasteiger partial charge is 0.491 e. The quantitative estimate of drug-likeness (QED) is 0.575. The maximum atomic E-state index is 10.6. The molecule has 1 unspecified atom stereocenters. The van der Waals surface area contributed by atoms with Crippen LogP contribution in [0.1, 0.15) is 0 Å². The summed E-state index contributed by atoms with van der Waals surface area (Å²) >= 11 is 0. The number of piperazine rings is 1. The van der Waals surface area contributed by atoms with E-state index < -0.39 is 11.0 Å². The number of hydrogen-bond donors (Lipinski definition) is 1. The molecule has 1 fully saturated rings. The van der Waals surface area contributed by atoms with E-state index in [0.29, 0.717) is 12.3 Å². The average Bonchev–Trinajstić information content (AvgIpc) is 2.68. The monoisotopic (exact) mass is 359 g/mol. The molecule has 138 valence electrons. The maximum absolute atomic E-state index is 10.6. The molecule has 3 rings (SSSR count). The van der Waals surface area contributed by atoms with Gasteiger partial charge >= 0.3 is 0 Å². The Hall–Kier alpha value is -2.78. The Morgan fingerprint density at radius 2 is 1.81 bits per heavy atom. The van der Waals surface area contributed by atoms with Gasteiger partial charge in [0.15, 0.2) is 0 Å². The van der Waals surface area contributed by atoms with Gasteiger partial charge in [0.25, 0.3) is 5.69 Å². The molecule has 9 heteroatoms. The molecule has 0 radical (unpaired) electrons. The number of aromatic nitrogens is 2. The van der Waals surface area contributed by atoms with Crippen LogP contribution in [0.4, 0.5) is 11.6 Å². The predicted molar refractivity (Wildman–Crippen MR) is 95.3 cm³/mol. The summed E-state index contributed by atoms with van der Waals surface area (Å²) in [5, 5.41) is 20.8. The van der Waals surface area contributed by atoms with Crippen LogP contribution in [0.2, 0.25) is 0 Å². The van der Waals surface area contributed by atoms with Crippen LogP contribution in [-0.4, -0.2) is 70.3 Å². The number of benzene rings is 1. The first kappa shape index (κ1) is 18.0.